The van der Waals surface area contributed by atoms with Crippen LogP contribution in [0, 0.1) is 6.92 Å². The SMILES string of the molecule is Cc1cc(CO)oc1C(=O)N1CCCC1c1ccc2c(c1)OCO2. The fourth-order valence-electron chi connectivity index (χ4n) is 3.45. The molecule has 126 valence electrons. The Labute approximate surface area is 139 Å². The Morgan fingerprint density at radius 1 is 1.29 bits per heavy atom. The number of likely N-dealkylation sites (tertiary alicyclic amines) is 1. The molecule has 2 aliphatic heterocycles. The lowest BCUT2D eigenvalue weighted by Crippen LogP contribution is -2.30. The highest BCUT2D eigenvalue weighted by Crippen LogP contribution is 2.39. The van der Waals surface area contributed by atoms with Gasteiger partial charge in [0.15, 0.2) is 17.3 Å². The molecule has 1 N–H and O–H groups in total. The maximum atomic E-state index is 12.9. The number of furan rings is 1. The van der Waals surface area contributed by atoms with E-state index >= 15 is 0 Å². The van der Waals surface area contributed by atoms with E-state index in [0.29, 0.717) is 18.1 Å². The van der Waals surface area contributed by atoms with Crippen molar-refractivity contribution in [2.45, 2.75) is 32.4 Å². The van der Waals surface area contributed by atoms with Crippen LogP contribution in [-0.2, 0) is 6.61 Å². The van der Waals surface area contributed by atoms with Crippen LogP contribution in [0.25, 0.3) is 0 Å². The van der Waals surface area contributed by atoms with Crippen LogP contribution in [0.1, 0.15) is 46.3 Å². The fourth-order valence-corrected chi connectivity index (χ4v) is 3.45. The van der Waals surface area contributed by atoms with Gasteiger partial charge >= 0.3 is 0 Å². The van der Waals surface area contributed by atoms with E-state index in [1.54, 1.807) is 6.07 Å². The fraction of sp³-hybridized carbons (Fsp3) is 0.389. The predicted molar refractivity (Wildman–Crippen MR) is 84.9 cm³/mol. The smallest absolute Gasteiger partial charge is 0.290 e. The largest absolute Gasteiger partial charge is 0.454 e. The Morgan fingerprint density at radius 2 is 2.12 bits per heavy atom. The molecule has 6 nitrogen and oxygen atoms in total. The van der Waals surface area contributed by atoms with Crippen molar-refractivity contribution in [3.8, 4) is 11.5 Å². The first-order valence-corrected chi connectivity index (χ1v) is 8.08. The quantitative estimate of drug-likeness (QED) is 0.937. The van der Waals surface area contributed by atoms with Crippen molar-refractivity contribution in [3.05, 3.63) is 46.9 Å². The molecule has 0 aliphatic carbocycles. The van der Waals surface area contributed by atoms with Gasteiger partial charge < -0.3 is 23.9 Å². The van der Waals surface area contributed by atoms with Crippen molar-refractivity contribution < 1.29 is 23.8 Å². The molecular formula is C18H19NO5. The summed E-state index contributed by atoms with van der Waals surface area (Å²) in [4.78, 5) is 14.7. The van der Waals surface area contributed by atoms with Gasteiger partial charge in [-0.25, -0.2) is 0 Å². The molecule has 1 amide bonds. The summed E-state index contributed by atoms with van der Waals surface area (Å²) in [5.74, 6) is 2.06. The number of rotatable bonds is 3. The van der Waals surface area contributed by atoms with Gasteiger partial charge in [-0.2, -0.15) is 0 Å². The molecule has 1 fully saturated rings. The van der Waals surface area contributed by atoms with E-state index in [-0.39, 0.29) is 25.3 Å². The zero-order chi connectivity index (χ0) is 16.7. The molecule has 1 aromatic carbocycles. The molecule has 2 aromatic rings. The van der Waals surface area contributed by atoms with Crippen LogP contribution in [0.4, 0.5) is 0 Å². The lowest BCUT2D eigenvalue weighted by Gasteiger charge is -2.24. The zero-order valence-corrected chi connectivity index (χ0v) is 13.4. The number of carbonyl (C=O) groups is 1. The third kappa shape index (κ3) is 2.43. The van der Waals surface area contributed by atoms with Gasteiger partial charge in [-0.15, -0.1) is 0 Å². The highest BCUT2D eigenvalue weighted by atomic mass is 16.7. The third-order valence-electron chi connectivity index (χ3n) is 4.61. The third-order valence-corrected chi connectivity index (χ3v) is 4.61. The van der Waals surface area contributed by atoms with Gasteiger partial charge in [0.2, 0.25) is 6.79 Å². The Hall–Kier alpha value is -2.47. The van der Waals surface area contributed by atoms with E-state index in [2.05, 4.69) is 0 Å². The highest BCUT2D eigenvalue weighted by Gasteiger charge is 2.33. The number of aryl methyl sites for hydroxylation is 1. The number of aliphatic hydroxyl groups excluding tert-OH is 1. The summed E-state index contributed by atoms with van der Waals surface area (Å²) in [5, 5.41) is 9.20. The Bertz CT molecular complexity index is 782. The van der Waals surface area contributed by atoms with Crippen molar-refractivity contribution in [1.82, 2.24) is 4.90 Å². The second-order valence-corrected chi connectivity index (χ2v) is 6.15. The maximum absolute atomic E-state index is 12.9. The highest BCUT2D eigenvalue weighted by molar-refractivity contribution is 5.93. The van der Waals surface area contributed by atoms with Crippen LogP contribution in [0.15, 0.2) is 28.7 Å². The first-order valence-electron chi connectivity index (χ1n) is 8.08. The van der Waals surface area contributed by atoms with E-state index in [9.17, 15) is 9.90 Å². The van der Waals surface area contributed by atoms with Gasteiger partial charge in [0.25, 0.3) is 5.91 Å². The van der Waals surface area contributed by atoms with Crippen molar-refractivity contribution in [2.75, 3.05) is 13.3 Å². The molecule has 4 rings (SSSR count). The molecule has 0 radical (unpaired) electrons. The number of carbonyl (C=O) groups excluding carboxylic acids is 1. The molecule has 0 spiro atoms. The van der Waals surface area contributed by atoms with Crippen molar-refractivity contribution in [1.29, 1.82) is 0 Å². The summed E-state index contributed by atoms with van der Waals surface area (Å²) in [6, 6.07) is 7.53. The monoisotopic (exact) mass is 329 g/mol. The van der Waals surface area contributed by atoms with Gasteiger partial charge in [-0.1, -0.05) is 6.07 Å². The Morgan fingerprint density at radius 3 is 2.92 bits per heavy atom. The number of hydrogen-bond acceptors (Lipinski definition) is 5. The number of fused-ring (bicyclic) bond motifs is 1. The minimum absolute atomic E-state index is 0.00548. The summed E-state index contributed by atoms with van der Waals surface area (Å²) in [6.07, 6.45) is 1.84. The molecule has 1 atom stereocenters. The van der Waals surface area contributed by atoms with Crippen molar-refractivity contribution >= 4 is 5.91 Å². The van der Waals surface area contributed by atoms with E-state index in [0.717, 1.165) is 35.5 Å². The minimum atomic E-state index is -0.209. The molecule has 1 aromatic heterocycles. The van der Waals surface area contributed by atoms with Crippen LogP contribution in [0.3, 0.4) is 0 Å². The van der Waals surface area contributed by atoms with Crippen molar-refractivity contribution in [3.63, 3.8) is 0 Å². The number of benzene rings is 1. The first-order chi connectivity index (χ1) is 11.7. The second-order valence-electron chi connectivity index (χ2n) is 6.15. The Balaban J connectivity index is 1.62. The summed E-state index contributed by atoms with van der Waals surface area (Å²) in [7, 11) is 0. The average molecular weight is 329 g/mol. The van der Waals surface area contributed by atoms with Gasteiger partial charge in [0, 0.05) is 12.1 Å². The van der Waals surface area contributed by atoms with Crippen molar-refractivity contribution in [2.24, 2.45) is 0 Å². The molecule has 6 heteroatoms. The molecular weight excluding hydrogens is 310 g/mol. The van der Waals surface area contributed by atoms with E-state index in [4.69, 9.17) is 13.9 Å². The number of ether oxygens (including phenoxy) is 2. The lowest BCUT2D eigenvalue weighted by atomic mass is 10.0. The van der Waals surface area contributed by atoms with Crippen LogP contribution in [-0.4, -0.2) is 29.3 Å². The standard InChI is InChI=1S/C18H19NO5/c1-11-7-13(9-20)24-17(11)18(21)19-6-2-3-14(19)12-4-5-15-16(8-12)23-10-22-15/h4-5,7-8,14,20H,2-3,6,9-10H2,1H3. The molecule has 1 saturated heterocycles. The van der Waals surface area contributed by atoms with E-state index in [1.165, 1.54) is 0 Å². The maximum Gasteiger partial charge on any atom is 0.290 e. The predicted octanol–water partition coefficient (Wildman–Crippen LogP) is 2.79. The summed E-state index contributed by atoms with van der Waals surface area (Å²) in [5.41, 5.74) is 1.79. The molecule has 0 saturated carbocycles. The molecule has 1 unspecified atom stereocenters. The zero-order valence-electron chi connectivity index (χ0n) is 13.4. The van der Waals surface area contributed by atoms with Crippen LogP contribution in [0.5, 0.6) is 11.5 Å². The summed E-state index contributed by atoms with van der Waals surface area (Å²) < 4.78 is 16.3. The first kappa shape index (κ1) is 15.1. The normalized spacial score (nSPS) is 19.1. The van der Waals surface area contributed by atoms with Crippen LogP contribution in [0.2, 0.25) is 0 Å². The number of hydrogen-bond donors (Lipinski definition) is 1. The minimum Gasteiger partial charge on any atom is -0.454 e. The Kier molecular flexibility index (Phi) is 3.69. The van der Waals surface area contributed by atoms with Gasteiger partial charge in [0.05, 0.1) is 6.04 Å². The number of aliphatic hydroxyl groups is 1. The number of amides is 1. The van der Waals surface area contributed by atoms with Gasteiger partial charge in [-0.05, 0) is 43.5 Å². The van der Waals surface area contributed by atoms with Gasteiger partial charge in [0.1, 0.15) is 12.4 Å². The second kappa shape index (κ2) is 5.87. The number of nitrogens with zero attached hydrogens (tertiary/aromatic N) is 1. The molecule has 3 heterocycles. The van der Waals surface area contributed by atoms with E-state index in [1.807, 2.05) is 30.0 Å². The van der Waals surface area contributed by atoms with Crippen LogP contribution >= 0.6 is 0 Å². The topological polar surface area (TPSA) is 72.1 Å². The molecule has 24 heavy (non-hydrogen) atoms. The molecule has 0 bridgehead atoms. The lowest BCUT2D eigenvalue weighted by molar-refractivity contribution is 0.0697. The van der Waals surface area contributed by atoms with E-state index < -0.39 is 0 Å². The molecule has 2 aliphatic rings. The summed E-state index contributed by atoms with van der Waals surface area (Å²) in [6.45, 7) is 2.54. The van der Waals surface area contributed by atoms with Gasteiger partial charge in [-0.3, -0.25) is 4.79 Å². The summed E-state index contributed by atoms with van der Waals surface area (Å²) >= 11 is 0. The average Bonchev–Trinajstić information content (AvgIpc) is 3.32. The van der Waals surface area contributed by atoms with Crippen LogP contribution < -0.4 is 9.47 Å².